The van der Waals surface area contributed by atoms with E-state index in [0.29, 0.717) is 19.4 Å². The van der Waals surface area contributed by atoms with Crippen molar-refractivity contribution < 1.29 is 19.5 Å². The Balaban J connectivity index is 1.26. The summed E-state index contributed by atoms with van der Waals surface area (Å²) in [7, 11) is 0. The zero-order valence-electron chi connectivity index (χ0n) is 14.7. The predicted octanol–water partition coefficient (Wildman–Crippen LogP) is 1.64. The Kier molecular flexibility index (Phi) is 4.24. The van der Waals surface area contributed by atoms with Gasteiger partial charge < -0.3 is 15.3 Å². The van der Waals surface area contributed by atoms with Crippen LogP contribution < -0.4 is 5.32 Å². The fourth-order valence-electron chi connectivity index (χ4n) is 6.38. The van der Waals surface area contributed by atoms with Crippen LogP contribution in [-0.4, -0.2) is 47.4 Å². The van der Waals surface area contributed by atoms with Crippen molar-refractivity contribution in [2.75, 3.05) is 19.6 Å². The molecule has 0 aromatic heterocycles. The van der Waals surface area contributed by atoms with Gasteiger partial charge in [0.05, 0.1) is 12.5 Å². The van der Waals surface area contributed by atoms with E-state index >= 15 is 0 Å². The highest BCUT2D eigenvalue weighted by Crippen LogP contribution is 2.61. The number of carbonyl (C=O) groups excluding carboxylic acids is 2. The zero-order chi connectivity index (χ0) is 17.6. The van der Waals surface area contributed by atoms with Gasteiger partial charge in [-0.3, -0.25) is 14.4 Å². The molecule has 1 heterocycles. The Morgan fingerprint density at radius 3 is 2.16 bits per heavy atom. The van der Waals surface area contributed by atoms with Gasteiger partial charge in [0.15, 0.2) is 0 Å². The molecule has 1 atom stereocenters. The number of amides is 2. The lowest BCUT2D eigenvalue weighted by molar-refractivity contribution is -0.141. The van der Waals surface area contributed by atoms with E-state index in [2.05, 4.69) is 5.32 Å². The van der Waals surface area contributed by atoms with Crippen molar-refractivity contribution >= 4 is 17.8 Å². The largest absolute Gasteiger partial charge is 0.481 e. The molecule has 4 bridgehead atoms. The lowest BCUT2D eigenvalue weighted by atomic mass is 9.49. The molecule has 1 aliphatic heterocycles. The van der Waals surface area contributed by atoms with Crippen molar-refractivity contribution in [1.82, 2.24) is 10.2 Å². The smallest absolute Gasteiger partial charge is 0.308 e. The summed E-state index contributed by atoms with van der Waals surface area (Å²) < 4.78 is 0. The lowest BCUT2D eigenvalue weighted by Crippen LogP contribution is -2.48. The van der Waals surface area contributed by atoms with Crippen LogP contribution in [0.3, 0.4) is 0 Å². The van der Waals surface area contributed by atoms with Crippen molar-refractivity contribution in [2.24, 2.45) is 29.1 Å². The molecule has 138 valence electrons. The molecule has 25 heavy (non-hydrogen) atoms. The van der Waals surface area contributed by atoms with Crippen molar-refractivity contribution in [3.8, 4) is 0 Å². The van der Waals surface area contributed by atoms with Gasteiger partial charge >= 0.3 is 5.97 Å². The molecule has 5 rings (SSSR count). The van der Waals surface area contributed by atoms with Crippen LogP contribution >= 0.6 is 0 Å². The van der Waals surface area contributed by atoms with Crippen LogP contribution in [0.5, 0.6) is 0 Å². The molecule has 2 N–H and O–H groups in total. The second-order valence-corrected chi connectivity index (χ2v) is 9.03. The third-order valence-electron chi connectivity index (χ3n) is 7.03. The van der Waals surface area contributed by atoms with Gasteiger partial charge in [0, 0.05) is 19.5 Å². The second-order valence-electron chi connectivity index (χ2n) is 9.03. The maximum absolute atomic E-state index is 12.4. The van der Waals surface area contributed by atoms with Gasteiger partial charge in [0.1, 0.15) is 0 Å². The fourth-order valence-corrected chi connectivity index (χ4v) is 6.38. The normalized spacial score (nSPS) is 38.8. The van der Waals surface area contributed by atoms with E-state index in [1.807, 2.05) is 0 Å². The molecule has 5 aliphatic rings. The van der Waals surface area contributed by atoms with Crippen LogP contribution in [0.2, 0.25) is 0 Å². The minimum absolute atomic E-state index is 0.00244. The fraction of sp³-hybridized carbons (Fsp3) is 0.842. The number of likely N-dealkylation sites (tertiary alicyclic amines) is 1. The molecular formula is C19H28N2O4. The maximum atomic E-state index is 12.4. The summed E-state index contributed by atoms with van der Waals surface area (Å²) in [6.45, 7) is 0.733. The lowest BCUT2D eigenvalue weighted by Gasteiger charge is -2.56. The molecule has 4 saturated carbocycles. The first kappa shape index (κ1) is 16.9. The summed E-state index contributed by atoms with van der Waals surface area (Å²) in [5, 5.41) is 11.8. The van der Waals surface area contributed by atoms with Crippen LogP contribution in [0.15, 0.2) is 0 Å². The molecule has 1 unspecified atom stereocenters. The quantitative estimate of drug-likeness (QED) is 0.791. The number of carboxylic acid groups (broad SMARTS) is 1. The number of hydrogen-bond donors (Lipinski definition) is 2. The topological polar surface area (TPSA) is 86.7 Å². The van der Waals surface area contributed by atoms with Crippen LogP contribution in [0, 0.1) is 29.1 Å². The number of nitrogens with zero attached hydrogens (tertiary/aromatic N) is 1. The molecule has 0 aromatic carbocycles. The highest BCUT2D eigenvalue weighted by molar-refractivity contribution is 5.85. The first-order valence-electron chi connectivity index (χ1n) is 9.70. The zero-order valence-corrected chi connectivity index (χ0v) is 14.7. The highest BCUT2D eigenvalue weighted by atomic mass is 16.4. The molecule has 0 radical (unpaired) electrons. The standard InChI is InChI=1S/C19H28N2O4/c22-16(20-10-17(23)21-2-1-15(11-21)18(24)25)9-19-6-12-3-13(7-19)5-14(4-12)8-19/h12-15H,1-11H2,(H,20,22)(H,24,25). The van der Waals surface area contributed by atoms with Gasteiger partial charge in [-0.1, -0.05) is 0 Å². The van der Waals surface area contributed by atoms with E-state index in [-0.39, 0.29) is 30.3 Å². The number of hydrogen-bond acceptors (Lipinski definition) is 3. The summed E-state index contributed by atoms with van der Waals surface area (Å²) in [6.07, 6.45) is 8.70. The number of rotatable bonds is 5. The molecule has 1 saturated heterocycles. The van der Waals surface area contributed by atoms with E-state index < -0.39 is 11.9 Å². The average molecular weight is 348 g/mol. The first-order valence-corrected chi connectivity index (χ1v) is 9.70. The van der Waals surface area contributed by atoms with Crippen LogP contribution in [0.25, 0.3) is 0 Å². The van der Waals surface area contributed by atoms with E-state index in [4.69, 9.17) is 5.11 Å². The predicted molar refractivity (Wildman–Crippen MR) is 90.6 cm³/mol. The number of carboxylic acids is 1. The Hall–Kier alpha value is -1.59. The first-order chi connectivity index (χ1) is 11.9. The number of aliphatic carboxylic acids is 1. The average Bonchev–Trinajstić information content (AvgIpc) is 3.01. The third-order valence-corrected chi connectivity index (χ3v) is 7.03. The summed E-state index contributed by atoms with van der Waals surface area (Å²) in [6, 6.07) is 0. The van der Waals surface area contributed by atoms with Gasteiger partial charge in [-0.15, -0.1) is 0 Å². The number of carbonyl (C=O) groups is 3. The summed E-state index contributed by atoms with van der Waals surface area (Å²) >= 11 is 0. The van der Waals surface area contributed by atoms with Crippen molar-refractivity contribution in [1.29, 1.82) is 0 Å². The monoisotopic (exact) mass is 348 g/mol. The van der Waals surface area contributed by atoms with Gasteiger partial charge in [0.25, 0.3) is 0 Å². The summed E-state index contributed by atoms with van der Waals surface area (Å²) in [5.74, 6) is 0.967. The van der Waals surface area contributed by atoms with Gasteiger partial charge in [-0.25, -0.2) is 0 Å². The van der Waals surface area contributed by atoms with Gasteiger partial charge in [-0.2, -0.15) is 0 Å². The Bertz CT molecular complexity index is 553. The minimum Gasteiger partial charge on any atom is -0.481 e. The maximum Gasteiger partial charge on any atom is 0.308 e. The molecule has 4 aliphatic carbocycles. The molecule has 2 amide bonds. The van der Waals surface area contributed by atoms with E-state index in [1.165, 1.54) is 38.5 Å². The van der Waals surface area contributed by atoms with Crippen molar-refractivity contribution in [3.05, 3.63) is 0 Å². The van der Waals surface area contributed by atoms with Gasteiger partial charge in [0.2, 0.25) is 11.8 Å². The van der Waals surface area contributed by atoms with Crippen LogP contribution in [0.1, 0.15) is 51.4 Å². The SMILES string of the molecule is O=C(CC12CC3CC(CC(C3)C1)C2)NCC(=O)N1CCC(C(=O)O)C1. The van der Waals surface area contributed by atoms with E-state index in [0.717, 1.165) is 17.8 Å². The number of nitrogens with one attached hydrogen (secondary N) is 1. The van der Waals surface area contributed by atoms with E-state index in [9.17, 15) is 14.4 Å². The molecule has 6 heteroatoms. The van der Waals surface area contributed by atoms with Crippen LogP contribution in [-0.2, 0) is 14.4 Å². The Labute approximate surface area is 148 Å². The second kappa shape index (κ2) is 6.29. The summed E-state index contributed by atoms with van der Waals surface area (Å²) in [4.78, 5) is 37.2. The van der Waals surface area contributed by atoms with E-state index in [1.54, 1.807) is 4.90 Å². The molecular weight excluding hydrogens is 320 g/mol. The molecule has 0 spiro atoms. The summed E-state index contributed by atoms with van der Waals surface area (Å²) in [5.41, 5.74) is 0.184. The third kappa shape index (κ3) is 3.40. The van der Waals surface area contributed by atoms with Crippen LogP contribution in [0.4, 0.5) is 0 Å². The highest BCUT2D eigenvalue weighted by Gasteiger charge is 2.51. The molecule has 0 aromatic rings. The molecule has 6 nitrogen and oxygen atoms in total. The Morgan fingerprint density at radius 1 is 1.04 bits per heavy atom. The Morgan fingerprint density at radius 2 is 1.64 bits per heavy atom. The van der Waals surface area contributed by atoms with Gasteiger partial charge in [-0.05, 0) is 68.1 Å². The molecule has 5 fully saturated rings. The minimum atomic E-state index is -0.846. The van der Waals surface area contributed by atoms with Crippen molar-refractivity contribution in [3.63, 3.8) is 0 Å². The van der Waals surface area contributed by atoms with Crippen molar-refractivity contribution in [2.45, 2.75) is 51.4 Å².